The molecule has 0 unspecified atom stereocenters. The van der Waals surface area contributed by atoms with E-state index in [1.807, 2.05) is 18.2 Å². The molecule has 4 heteroatoms. The smallest absolute Gasteiger partial charge is 0.123 e. The summed E-state index contributed by atoms with van der Waals surface area (Å²) in [6.45, 7) is 3.42. The third-order valence-electron chi connectivity index (χ3n) is 2.53. The van der Waals surface area contributed by atoms with Gasteiger partial charge in [-0.2, -0.15) is 0 Å². The highest BCUT2D eigenvalue weighted by molar-refractivity contribution is 5.77. The number of fused-ring (bicyclic) bond motifs is 1. The Morgan fingerprint density at radius 3 is 2.87 bits per heavy atom. The summed E-state index contributed by atoms with van der Waals surface area (Å²) in [7, 11) is 1.66. The number of nitrogens with zero attached hydrogens (tertiary/aromatic N) is 2. The molecule has 2 aromatic rings. The van der Waals surface area contributed by atoms with E-state index in [-0.39, 0.29) is 0 Å². The van der Waals surface area contributed by atoms with Gasteiger partial charge in [-0.15, -0.1) is 0 Å². The molecule has 0 aliphatic heterocycles. The van der Waals surface area contributed by atoms with Gasteiger partial charge >= 0.3 is 0 Å². The van der Waals surface area contributed by atoms with Crippen LogP contribution in [0.15, 0.2) is 18.2 Å². The van der Waals surface area contributed by atoms with Gasteiger partial charge in [0.05, 0.1) is 24.7 Å². The predicted octanol–water partition coefficient (Wildman–Crippen LogP) is 1.52. The van der Waals surface area contributed by atoms with Crippen LogP contribution in [0, 0.1) is 0 Å². The predicted molar refractivity (Wildman–Crippen MR) is 59.9 cm³/mol. The van der Waals surface area contributed by atoms with Crippen LogP contribution >= 0.6 is 0 Å². The standard InChI is InChI=1S/C11H15N3O/c1-3-14-10-6-8(15-2)4-5-9(10)13-11(14)7-12/h4-6H,3,7,12H2,1-2H3. The molecule has 0 aliphatic carbocycles. The Hall–Kier alpha value is -1.55. The number of nitrogens with two attached hydrogens (primary N) is 1. The molecule has 2 N–H and O–H groups in total. The molecule has 80 valence electrons. The summed E-state index contributed by atoms with van der Waals surface area (Å²) in [6.07, 6.45) is 0. The van der Waals surface area contributed by atoms with Gasteiger partial charge in [-0.05, 0) is 19.1 Å². The lowest BCUT2D eigenvalue weighted by molar-refractivity contribution is 0.415. The number of aryl methyl sites for hydroxylation is 1. The Morgan fingerprint density at radius 1 is 1.47 bits per heavy atom. The number of benzene rings is 1. The van der Waals surface area contributed by atoms with Crippen LogP contribution in [0.2, 0.25) is 0 Å². The first kappa shape index (κ1) is 9.98. The molecule has 0 amide bonds. The van der Waals surface area contributed by atoms with Crippen LogP contribution in [0.1, 0.15) is 12.7 Å². The van der Waals surface area contributed by atoms with Crippen molar-refractivity contribution in [2.45, 2.75) is 20.0 Å². The highest BCUT2D eigenvalue weighted by Gasteiger charge is 2.08. The average Bonchev–Trinajstić information content (AvgIpc) is 2.65. The highest BCUT2D eigenvalue weighted by Crippen LogP contribution is 2.21. The summed E-state index contributed by atoms with van der Waals surface area (Å²) in [6, 6.07) is 5.86. The maximum atomic E-state index is 5.65. The first-order valence-electron chi connectivity index (χ1n) is 5.03. The van der Waals surface area contributed by atoms with E-state index in [2.05, 4.69) is 16.5 Å². The summed E-state index contributed by atoms with van der Waals surface area (Å²) < 4.78 is 7.30. The van der Waals surface area contributed by atoms with Crippen molar-refractivity contribution in [1.29, 1.82) is 0 Å². The Balaban J connectivity index is 2.67. The minimum absolute atomic E-state index is 0.463. The lowest BCUT2D eigenvalue weighted by Gasteiger charge is -2.04. The van der Waals surface area contributed by atoms with Gasteiger partial charge in [0, 0.05) is 12.6 Å². The largest absolute Gasteiger partial charge is 0.497 e. The summed E-state index contributed by atoms with van der Waals surface area (Å²) in [5.74, 6) is 1.77. The highest BCUT2D eigenvalue weighted by atomic mass is 16.5. The van der Waals surface area contributed by atoms with Crippen LogP contribution in [0.5, 0.6) is 5.75 Å². The van der Waals surface area contributed by atoms with Gasteiger partial charge in [0.15, 0.2) is 0 Å². The molecule has 4 nitrogen and oxygen atoms in total. The fraction of sp³-hybridized carbons (Fsp3) is 0.364. The number of aromatic nitrogens is 2. The fourth-order valence-electron chi connectivity index (χ4n) is 1.79. The zero-order valence-electron chi connectivity index (χ0n) is 9.03. The van der Waals surface area contributed by atoms with E-state index in [0.717, 1.165) is 29.2 Å². The van der Waals surface area contributed by atoms with Crippen LogP contribution in [-0.4, -0.2) is 16.7 Å². The number of imidazole rings is 1. The molecule has 0 saturated heterocycles. The second-order valence-electron chi connectivity index (χ2n) is 3.33. The minimum atomic E-state index is 0.463. The zero-order valence-corrected chi connectivity index (χ0v) is 9.03. The quantitative estimate of drug-likeness (QED) is 0.826. The average molecular weight is 205 g/mol. The Labute approximate surface area is 88.7 Å². The molecule has 0 aliphatic rings. The number of hydrogen-bond donors (Lipinski definition) is 1. The Morgan fingerprint density at radius 2 is 2.27 bits per heavy atom. The van der Waals surface area contributed by atoms with Crippen molar-refractivity contribution in [1.82, 2.24) is 9.55 Å². The van der Waals surface area contributed by atoms with Crippen molar-refractivity contribution in [3.63, 3.8) is 0 Å². The normalized spacial score (nSPS) is 10.9. The number of methoxy groups -OCH3 is 1. The topological polar surface area (TPSA) is 53.1 Å². The van der Waals surface area contributed by atoms with Gasteiger partial charge in [-0.25, -0.2) is 4.98 Å². The van der Waals surface area contributed by atoms with Crippen LogP contribution in [0.4, 0.5) is 0 Å². The number of hydrogen-bond acceptors (Lipinski definition) is 3. The van der Waals surface area contributed by atoms with Crippen molar-refractivity contribution in [2.75, 3.05) is 7.11 Å². The van der Waals surface area contributed by atoms with E-state index in [4.69, 9.17) is 10.5 Å². The summed E-state index contributed by atoms with van der Waals surface area (Å²) >= 11 is 0. The van der Waals surface area contributed by atoms with Gasteiger partial charge in [0.2, 0.25) is 0 Å². The number of ether oxygens (including phenoxy) is 1. The second kappa shape index (κ2) is 3.90. The zero-order chi connectivity index (χ0) is 10.8. The third-order valence-corrected chi connectivity index (χ3v) is 2.53. The van der Waals surface area contributed by atoms with Gasteiger partial charge in [0.1, 0.15) is 11.6 Å². The van der Waals surface area contributed by atoms with E-state index < -0.39 is 0 Å². The fourth-order valence-corrected chi connectivity index (χ4v) is 1.79. The second-order valence-corrected chi connectivity index (χ2v) is 3.33. The van der Waals surface area contributed by atoms with Crippen molar-refractivity contribution >= 4 is 11.0 Å². The van der Waals surface area contributed by atoms with Crippen LogP contribution in [-0.2, 0) is 13.1 Å². The van der Waals surface area contributed by atoms with Gasteiger partial charge in [0.25, 0.3) is 0 Å². The van der Waals surface area contributed by atoms with Crippen LogP contribution < -0.4 is 10.5 Å². The van der Waals surface area contributed by atoms with Crippen molar-refractivity contribution in [3.05, 3.63) is 24.0 Å². The molecule has 1 aromatic carbocycles. The van der Waals surface area contributed by atoms with Crippen molar-refractivity contribution in [3.8, 4) is 5.75 Å². The van der Waals surface area contributed by atoms with Gasteiger partial charge in [-0.1, -0.05) is 0 Å². The summed E-state index contributed by atoms with van der Waals surface area (Å²) in [4.78, 5) is 4.46. The van der Waals surface area contributed by atoms with Crippen LogP contribution in [0.3, 0.4) is 0 Å². The van der Waals surface area contributed by atoms with E-state index >= 15 is 0 Å². The molecule has 0 fully saturated rings. The van der Waals surface area contributed by atoms with E-state index in [1.54, 1.807) is 7.11 Å². The summed E-state index contributed by atoms with van der Waals surface area (Å²) in [5.41, 5.74) is 7.70. The van der Waals surface area contributed by atoms with E-state index in [0.29, 0.717) is 6.54 Å². The van der Waals surface area contributed by atoms with E-state index in [9.17, 15) is 0 Å². The lowest BCUT2D eigenvalue weighted by atomic mass is 10.3. The molecule has 15 heavy (non-hydrogen) atoms. The molecule has 0 saturated carbocycles. The third kappa shape index (κ3) is 1.57. The van der Waals surface area contributed by atoms with E-state index in [1.165, 1.54) is 0 Å². The summed E-state index contributed by atoms with van der Waals surface area (Å²) in [5, 5.41) is 0. The van der Waals surface area contributed by atoms with Crippen molar-refractivity contribution < 1.29 is 4.74 Å². The SMILES string of the molecule is CCn1c(CN)nc2ccc(OC)cc21. The molecule has 2 rings (SSSR count). The maximum absolute atomic E-state index is 5.65. The van der Waals surface area contributed by atoms with Crippen LogP contribution in [0.25, 0.3) is 11.0 Å². The molecule has 0 radical (unpaired) electrons. The molecule has 1 aromatic heterocycles. The maximum Gasteiger partial charge on any atom is 0.123 e. The van der Waals surface area contributed by atoms with Crippen molar-refractivity contribution in [2.24, 2.45) is 5.73 Å². The number of rotatable bonds is 3. The van der Waals surface area contributed by atoms with Gasteiger partial charge < -0.3 is 15.0 Å². The first-order valence-corrected chi connectivity index (χ1v) is 5.03. The molecule has 1 heterocycles. The molecular weight excluding hydrogens is 190 g/mol. The minimum Gasteiger partial charge on any atom is -0.497 e. The van der Waals surface area contributed by atoms with Gasteiger partial charge in [-0.3, -0.25) is 0 Å². The molecule has 0 bridgehead atoms. The Kier molecular flexibility index (Phi) is 2.60. The lowest BCUT2D eigenvalue weighted by Crippen LogP contribution is -2.06. The first-order chi connectivity index (χ1) is 7.30. The molecular formula is C11H15N3O. The Bertz CT molecular complexity index is 476. The molecule has 0 atom stereocenters. The molecule has 0 spiro atoms. The monoisotopic (exact) mass is 205 g/mol.